The van der Waals surface area contributed by atoms with Crippen LogP contribution in [0.15, 0.2) is 75.9 Å². The van der Waals surface area contributed by atoms with Crippen LogP contribution in [0.1, 0.15) is 10.4 Å². The Hall–Kier alpha value is -2.48. The molecule has 0 radical (unpaired) electrons. The van der Waals surface area contributed by atoms with Crippen LogP contribution in [0.5, 0.6) is 11.5 Å². The van der Waals surface area contributed by atoms with E-state index in [0.29, 0.717) is 22.2 Å². The first-order valence-electron chi connectivity index (χ1n) is 8.03. The number of thiazole rings is 1. The van der Waals surface area contributed by atoms with E-state index in [1.807, 2.05) is 60.0 Å². The molecule has 4 aromatic rings. The number of halogens is 1. The number of ether oxygens (including phenoxy) is 1. The molecule has 134 valence electrons. The fraction of sp³-hybridized carbons (Fsp3) is 0. The van der Waals surface area contributed by atoms with Crippen LogP contribution in [0.25, 0.3) is 10.6 Å². The van der Waals surface area contributed by atoms with Gasteiger partial charge < -0.3 is 4.74 Å². The smallest absolute Gasteiger partial charge is 0.261 e. The maximum absolute atomic E-state index is 12.7. The van der Waals surface area contributed by atoms with Gasteiger partial charge in [-0.05, 0) is 52.3 Å². The fourth-order valence-corrected chi connectivity index (χ4v) is 4.55. The van der Waals surface area contributed by atoms with E-state index in [0.717, 1.165) is 14.4 Å². The van der Waals surface area contributed by atoms with Gasteiger partial charge in [-0.3, -0.25) is 10.1 Å². The number of carbonyl (C=O) groups is 1. The first-order chi connectivity index (χ1) is 13.2. The first kappa shape index (κ1) is 17.9. The van der Waals surface area contributed by atoms with E-state index in [1.165, 1.54) is 11.3 Å². The summed E-state index contributed by atoms with van der Waals surface area (Å²) < 4.78 is 6.91. The highest BCUT2D eigenvalue weighted by molar-refractivity contribution is 9.11. The minimum atomic E-state index is -0.255. The van der Waals surface area contributed by atoms with Crippen LogP contribution in [0, 0.1) is 0 Å². The molecule has 0 aliphatic carbocycles. The van der Waals surface area contributed by atoms with Crippen molar-refractivity contribution in [3.63, 3.8) is 0 Å². The van der Waals surface area contributed by atoms with Gasteiger partial charge in [-0.15, -0.1) is 22.7 Å². The third-order valence-corrected chi connectivity index (χ3v) is 6.06. The molecule has 2 aromatic heterocycles. The summed E-state index contributed by atoms with van der Waals surface area (Å²) in [6.45, 7) is 0. The lowest BCUT2D eigenvalue weighted by Gasteiger charge is -2.10. The van der Waals surface area contributed by atoms with Crippen LogP contribution in [0.2, 0.25) is 0 Å². The lowest BCUT2D eigenvalue weighted by atomic mass is 10.2. The van der Waals surface area contributed by atoms with E-state index in [2.05, 4.69) is 26.2 Å². The van der Waals surface area contributed by atoms with Gasteiger partial charge >= 0.3 is 0 Å². The second-order valence-corrected chi connectivity index (χ2v) is 8.83. The number of aromatic nitrogens is 1. The highest BCUT2D eigenvalue weighted by atomic mass is 79.9. The van der Waals surface area contributed by atoms with Crippen molar-refractivity contribution in [3.05, 3.63) is 81.5 Å². The van der Waals surface area contributed by atoms with Gasteiger partial charge in [0.25, 0.3) is 5.91 Å². The van der Waals surface area contributed by atoms with E-state index < -0.39 is 0 Å². The average molecular weight is 457 g/mol. The number of para-hydroxylation sites is 2. The summed E-state index contributed by atoms with van der Waals surface area (Å²) in [6.07, 6.45) is 0. The molecule has 0 saturated carbocycles. The summed E-state index contributed by atoms with van der Waals surface area (Å²) in [5, 5.41) is 5.34. The van der Waals surface area contributed by atoms with Crippen molar-refractivity contribution < 1.29 is 9.53 Å². The quantitative estimate of drug-likeness (QED) is 0.364. The van der Waals surface area contributed by atoms with Crippen LogP contribution in [0.3, 0.4) is 0 Å². The Morgan fingerprint density at radius 1 is 1.00 bits per heavy atom. The van der Waals surface area contributed by atoms with Crippen molar-refractivity contribution >= 4 is 49.6 Å². The molecule has 0 saturated heterocycles. The molecule has 27 heavy (non-hydrogen) atoms. The van der Waals surface area contributed by atoms with Crippen molar-refractivity contribution in [3.8, 4) is 22.1 Å². The zero-order valence-electron chi connectivity index (χ0n) is 13.9. The number of nitrogens with one attached hydrogen (secondary N) is 1. The Morgan fingerprint density at radius 3 is 2.56 bits per heavy atom. The SMILES string of the molecule is O=C(Nc1nc(-c2ccc(Br)s2)cs1)c1ccccc1Oc1ccccc1. The number of benzene rings is 2. The zero-order chi connectivity index (χ0) is 18.6. The maximum Gasteiger partial charge on any atom is 0.261 e. The molecule has 0 aliphatic heterocycles. The fourth-order valence-electron chi connectivity index (χ4n) is 2.42. The van der Waals surface area contributed by atoms with Crippen molar-refractivity contribution in [2.45, 2.75) is 0 Å². The molecule has 4 rings (SSSR count). The molecule has 0 fully saturated rings. The predicted octanol–water partition coefficient (Wildman–Crippen LogP) is 6.68. The van der Waals surface area contributed by atoms with Crippen LogP contribution >= 0.6 is 38.6 Å². The second kappa shape index (κ2) is 8.04. The van der Waals surface area contributed by atoms with Crippen molar-refractivity contribution in [2.24, 2.45) is 0 Å². The van der Waals surface area contributed by atoms with Crippen LogP contribution < -0.4 is 10.1 Å². The standard InChI is InChI=1S/C20H13BrN2O2S2/c21-18-11-10-17(27-18)15-12-26-20(22-15)23-19(24)14-8-4-5-9-16(14)25-13-6-2-1-3-7-13/h1-12H,(H,22,23,24). The van der Waals surface area contributed by atoms with Crippen LogP contribution in [0.4, 0.5) is 5.13 Å². The van der Waals surface area contributed by atoms with Gasteiger partial charge in [0.05, 0.1) is 19.9 Å². The average Bonchev–Trinajstić information content (AvgIpc) is 3.32. The number of rotatable bonds is 5. The summed E-state index contributed by atoms with van der Waals surface area (Å²) in [4.78, 5) is 18.3. The number of thiophene rings is 1. The number of hydrogen-bond donors (Lipinski definition) is 1. The molecular formula is C20H13BrN2O2S2. The summed E-state index contributed by atoms with van der Waals surface area (Å²) in [5.41, 5.74) is 1.30. The van der Waals surface area contributed by atoms with E-state index in [9.17, 15) is 4.79 Å². The Labute approximate surface area is 172 Å². The Morgan fingerprint density at radius 2 is 1.78 bits per heavy atom. The molecule has 0 bridgehead atoms. The van der Waals surface area contributed by atoms with Crippen molar-refractivity contribution in [2.75, 3.05) is 5.32 Å². The first-order valence-corrected chi connectivity index (χ1v) is 10.5. The van der Waals surface area contributed by atoms with Gasteiger partial charge in [0.15, 0.2) is 5.13 Å². The monoisotopic (exact) mass is 456 g/mol. The molecule has 4 nitrogen and oxygen atoms in total. The van der Waals surface area contributed by atoms with Crippen LogP contribution in [-0.4, -0.2) is 10.9 Å². The van der Waals surface area contributed by atoms with E-state index in [4.69, 9.17) is 4.74 Å². The third-order valence-electron chi connectivity index (χ3n) is 3.65. The van der Waals surface area contributed by atoms with Gasteiger partial charge in [0, 0.05) is 5.38 Å². The Kier molecular flexibility index (Phi) is 5.33. The van der Waals surface area contributed by atoms with Gasteiger partial charge in [-0.25, -0.2) is 4.98 Å². The zero-order valence-corrected chi connectivity index (χ0v) is 17.1. The van der Waals surface area contributed by atoms with Crippen molar-refractivity contribution in [1.29, 1.82) is 0 Å². The third kappa shape index (κ3) is 4.27. The summed E-state index contributed by atoms with van der Waals surface area (Å²) in [5.74, 6) is 0.924. The number of carbonyl (C=O) groups excluding carboxylic acids is 1. The van der Waals surface area contributed by atoms with Crippen molar-refractivity contribution in [1.82, 2.24) is 4.98 Å². The highest BCUT2D eigenvalue weighted by Crippen LogP contribution is 2.33. The molecule has 1 N–H and O–H groups in total. The predicted molar refractivity (Wildman–Crippen MR) is 114 cm³/mol. The second-order valence-electron chi connectivity index (χ2n) is 5.51. The molecule has 0 aliphatic rings. The largest absolute Gasteiger partial charge is 0.457 e. The van der Waals surface area contributed by atoms with E-state index >= 15 is 0 Å². The van der Waals surface area contributed by atoms with Gasteiger partial charge in [0.2, 0.25) is 0 Å². The molecular weight excluding hydrogens is 444 g/mol. The normalized spacial score (nSPS) is 10.6. The Balaban J connectivity index is 1.53. The Bertz CT molecular complexity index is 1080. The summed E-state index contributed by atoms with van der Waals surface area (Å²) in [7, 11) is 0. The molecule has 0 atom stereocenters. The van der Waals surface area contributed by atoms with Gasteiger partial charge in [0.1, 0.15) is 11.5 Å². The number of nitrogens with zero attached hydrogens (tertiary/aromatic N) is 1. The maximum atomic E-state index is 12.7. The van der Waals surface area contributed by atoms with Gasteiger partial charge in [-0.1, -0.05) is 30.3 Å². The molecule has 2 aromatic carbocycles. The van der Waals surface area contributed by atoms with E-state index in [1.54, 1.807) is 23.5 Å². The molecule has 7 heteroatoms. The summed E-state index contributed by atoms with van der Waals surface area (Å²) >= 11 is 6.45. The summed E-state index contributed by atoms with van der Waals surface area (Å²) in [6, 6.07) is 20.5. The number of anilines is 1. The molecule has 0 unspecified atom stereocenters. The van der Waals surface area contributed by atoms with E-state index in [-0.39, 0.29) is 5.91 Å². The molecule has 2 heterocycles. The molecule has 1 amide bonds. The number of hydrogen-bond acceptors (Lipinski definition) is 5. The lowest BCUT2D eigenvalue weighted by Crippen LogP contribution is -2.12. The van der Waals surface area contributed by atoms with Gasteiger partial charge in [-0.2, -0.15) is 0 Å². The highest BCUT2D eigenvalue weighted by Gasteiger charge is 2.15. The molecule has 0 spiro atoms. The number of amides is 1. The lowest BCUT2D eigenvalue weighted by molar-refractivity contribution is 0.102. The minimum Gasteiger partial charge on any atom is -0.457 e. The minimum absolute atomic E-state index is 0.255. The van der Waals surface area contributed by atoms with Crippen LogP contribution in [-0.2, 0) is 0 Å². The topological polar surface area (TPSA) is 51.2 Å².